The fraction of sp³-hybridized carbons (Fsp3) is 0.500. The molecule has 0 aromatic heterocycles. The zero-order valence-corrected chi connectivity index (χ0v) is 11.3. The maximum atomic E-state index is 12.2. The van der Waals surface area contributed by atoms with E-state index in [-0.39, 0.29) is 18.0 Å². The third kappa shape index (κ3) is 3.06. The topological polar surface area (TPSA) is 57.6 Å². The van der Waals surface area contributed by atoms with E-state index >= 15 is 0 Å². The Balaban J connectivity index is 3.15. The summed E-state index contributed by atoms with van der Waals surface area (Å²) in [6.45, 7) is 5.90. The number of benzene rings is 1. The van der Waals surface area contributed by atoms with E-state index in [9.17, 15) is 8.42 Å². The Hall–Kier alpha value is -0.910. The lowest BCUT2D eigenvalue weighted by Crippen LogP contribution is -2.33. The van der Waals surface area contributed by atoms with Gasteiger partial charge in [0.2, 0.25) is 10.0 Å². The number of nitrogens with zero attached hydrogens (tertiary/aromatic N) is 1. The van der Waals surface area contributed by atoms with Gasteiger partial charge in [-0.25, -0.2) is 8.42 Å². The van der Waals surface area contributed by atoms with Gasteiger partial charge in [-0.1, -0.05) is 13.0 Å². The Kier molecular flexibility index (Phi) is 4.68. The molecule has 1 rings (SSSR count). The Morgan fingerprint density at radius 3 is 2.35 bits per heavy atom. The van der Waals surface area contributed by atoms with Crippen molar-refractivity contribution in [2.45, 2.75) is 25.7 Å². The molecule has 0 aliphatic rings. The van der Waals surface area contributed by atoms with Crippen LogP contribution >= 0.6 is 0 Å². The first-order valence-corrected chi connectivity index (χ1v) is 7.05. The fourth-order valence-electron chi connectivity index (χ4n) is 1.58. The summed E-state index contributed by atoms with van der Waals surface area (Å²) in [6, 6.07) is 5.08. The van der Waals surface area contributed by atoms with Crippen LogP contribution in [0.25, 0.3) is 0 Å². The van der Waals surface area contributed by atoms with Crippen molar-refractivity contribution in [1.82, 2.24) is 4.31 Å². The molecule has 0 saturated heterocycles. The van der Waals surface area contributed by atoms with E-state index in [1.165, 1.54) is 4.31 Å². The molecule has 96 valence electrons. The highest BCUT2D eigenvalue weighted by atomic mass is 32.2. The second kappa shape index (κ2) is 5.62. The minimum Gasteiger partial charge on any atom is -0.395 e. The second-order valence-electron chi connectivity index (χ2n) is 3.97. The van der Waals surface area contributed by atoms with E-state index < -0.39 is 10.0 Å². The van der Waals surface area contributed by atoms with Crippen molar-refractivity contribution in [2.75, 3.05) is 19.7 Å². The summed E-state index contributed by atoms with van der Waals surface area (Å²) in [5.74, 6) is 0. The molecule has 1 N–H and O–H groups in total. The lowest BCUT2D eigenvalue weighted by molar-refractivity contribution is 0.257. The first-order chi connectivity index (χ1) is 7.93. The molecule has 1 aromatic rings. The number of aliphatic hydroxyl groups excluding tert-OH is 1. The van der Waals surface area contributed by atoms with Gasteiger partial charge in [0.05, 0.1) is 11.5 Å². The normalized spacial score (nSPS) is 12.1. The van der Waals surface area contributed by atoms with Gasteiger partial charge in [-0.2, -0.15) is 4.31 Å². The van der Waals surface area contributed by atoms with Crippen molar-refractivity contribution in [3.05, 3.63) is 29.3 Å². The van der Waals surface area contributed by atoms with Gasteiger partial charge < -0.3 is 5.11 Å². The van der Waals surface area contributed by atoms with Crippen LogP contribution in [0.5, 0.6) is 0 Å². The van der Waals surface area contributed by atoms with Crippen molar-refractivity contribution in [3.8, 4) is 0 Å². The molecule has 0 heterocycles. The molecular weight excluding hydrogens is 238 g/mol. The molecule has 0 atom stereocenters. The number of aryl methyl sites for hydroxylation is 2. The Morgan fingerprint density at radius 2 is 1.88 bits per heavy atom. The van der Waals surface area contributed by atoms with Crippen LogP contribution in [0, 0.1) is 13.8 Å². The molecule has 17 heavy (non-hydrogen) atoms. The first kappa shape index (κ1) is 14.2. The molecule has 5 heteroatoms. The molecule has 4 nitrogen and oxygen atoms in total. The minimum atomic E-state index is -3.48. The zero-order chi connectivity index (χ0) is 13.1. The van der Waals surface area contributed by atoms with E-state index in [0.29, 0.717) is 6.54 Å². The Morgan fingerprint density at radius 1 is 1.24 bits per heavy atom. The van der Waals surface area contributed by atoms with Gasteiger partial charge >= 0.3 is 0 Å². The highest BCUT2D eigenvalue weighted by Gasteiger charge is 2.22. The molecule has 0 fully saturated rings. The Labute approximate surface area is 103 Å². The van der Waals surface area contributed by atoms with Gasteiger partial charge in [0, 0.05) is 13.1 Å². The van der Waals surface area contributed by atoms with Crippen LogP contribution in [0.2, 0.25) is 0 Å². The SMILES string of the molecule is CCN(CCO)S(=O)(=O)c1ccc(C)c(C)c1. The molecule has 0 saturated carbocycles. The number of hydrogen-bond acceptors (Lipinski definition) is 3. The lowest BCUT2D eigenvalue weighted by atomic mass is 10.1. The Bertz CT molecular complexity index is 483. The molecule has 0 bridgehead atoms. The van der Waals surface area contributed by atoms with Crippen LogP contribution in [0.4, 0.5) is 0 Å². The molecule has 0 amide bonds. The third-order valence-corrected chi connectivity index (χ3v) is 4.79. The number of sulfonamides is 1. The monoisotopic (exact) mass is 257 g/mol. The third-order valence-electron chi connectivity index (χ3n) is 2.82. The minimum absolute atomic E-state index is 0.131. The summed E-state index contributed by atoms with van der Waals surface area (Å²) in [6.07, 6.45) is 0. The number of aliphatic hydroxyl groups is 1. The maximum Gasteiger partial charge on any atom is 0.243 e. The van der Waals surface area contributed by atoms with Crippen molar-refractivity contribution < 1.29 is 13.5 Å². The van der Waals surface area contributed by atoms with Crippen LogP contribution in [0.15, 0.2) is 23.1 Å². The lowest BCUT2D eigenvalue weighted by Gasteiger charge is -2.19. The quantitative estimate of drug-likeness (QED) is 0.865. The van der Waals surface area contributed by atoms with Gasteiger partial charge in [-0.3, -0.25) is 0 Å². The fourth-order valence-corrected chi connectivity index (χ4v) is 3.11. The van der Waals surface area contributed by atoms with Crippen LogP contribution < -0.4 is 0 Å². The number of rotatable bonds is 5. The van der Waals surface area contributed by atoms with Crippen LogP contribution in [0.3, 0.4) is 0 Å². The summed E-state index contributed by atoms with van der Waals surface area (Å²) < 4.78 is 25.7. The molecule has 0 radical (unpaired) electrons. The zero-order valence-electron chi connectivity index (χ0n) is 10.5. The summed E-state index contributed by atoms with van der Waals surface area (Å²) in [7, 11) is -3.48. The van der Waals surface area contributed by atoms with Crippen molar-refractivity contribution >= 4 is 10.0 Å². The highest BCUT2D eigenvalue weighted by Crippen LogP contribution is 2.18. The average Bonchev–Trinajstić information content (AvgIpc) is 2.29. The molecule has 0 spiro atoms. The summed E-state index contributed by atoms with van der Waals surface area (Å²) >= 11 is 0. The smallest absolute Gasteiger partial charge is 0.243 e. The van der Waals surface area contributed by atoms with Crippen molar-refractivity contribution in [3.63, 3.8) is 0 Å². The summed E-state index contributed by atoms with van der Waals surface area (Å²) in [5, 5.41) is 8.87. The van der Waals surface area contributed by atoms with Gasteiger partial charge in [0.1, 0.15) is 0 Å². The molecule has 0 unspecified atom stereocenters. The molecule has 0 aliphatic carbocycles. The second-order valence-corrected chi connectivity index (χ2v) is 5.90. The molecule has 1 aromatic carbocycles. The van der Waals surface area contributed by atoms with E-state index in [0.717, 1.165) is 11.1 Å². The van der Waals surface area contributed by atoms with Gasteiger partial charge in [-0.05, 0) is 37.1 Å². The van der Waals surface area contributed by atoms with E-state index in [4.69, 9.17) is 5.11 Å². The maximum absolute atomic E-state index is 12.2. The summed E-state index contributed by atoms with van der Waals surface area (Å²) in [4.78, 5) is 0.288. The predicted molar refractivity (Wildman–Crippen MR) is 67.4 cm³/mol. The summed E-state index contributed by atoms with van der Waals surface area (Å²) in [5.41, 5.74) is 2.01. The first-order valence-electron chi connectivity index (χ1n) is 5.61. The van der Waals surface area contributed by atoms with Gasteiger partial charge in [0.25, 0.3) is 0 Å². The van der Waals surface area contributed by atoms with E-state index in [1.54, 1.807) is 25.1 Å². The van der Waals surface area contributed by atoms with Crippen molar-refractivity contribution in [2.24, 2.45) is 0 Å². The number of hydrogen-bond donors (Lipinski definition) is 1. The van der Waals surface area contributed by atoms with Crippen LogP contribution in [-0.2, 0) is 10.0 Å². The van der Waals surface area contributed by atoms with Crippen LogP contribution in [-0.4, -0.2) is 37.5 Å². The molecular formula is C12H19NO3S. The van der Waals surface area contributed by atoms with E-state index in [2.05, 4.69) is 0 Å². The van der Waals surface area contributed by atoms with Gasteiger partial charge in [-0.15, -0.1) is 0 Å². The largest absolute Gasteiger partial charge is 0.395 e. The van der Waals surface area contributed by atoms with E-state index in [1.807, 2.05) is 13.8 Å². The van der Waals surface area contributed by atoms with Crippen LogP contribution in [0.1, 0.15) is 18.1 Å². The van der Waals surface area contributed by atoms with Gasteiger partial charge in [0.15, 0.2) is 0 Å². The van der Waals surface area contributed by atoms with Crippen molar-refractivity contribution in [1.29, 1.82) is 0 Å². The highest BCUT2D eigenvalue weighted by molar-refractivity contribution is 7.89. The predicted octanol–water partition coefficient (Wildman–Crippen LogP) is 1.31. The average molecular weight is 257 g/mol. The molecule has 0 aliphatic heterocycles. The number of likely N-dealkylation sites (N-methyl/N-ethyl adjacent to an activating group) is 1. The standard InChI is InChI=1S/C12H19NO3S/c1-4-13(7-8-14)17(15,16)12-6-5-10(2)11(3)9-12/h5-6,9,14H,4,7-8H2,1-3H3.